The highest BCUT2D eigenvalue weighted by atomic mass is 35.5. The summed E-state index contributed by atoms with van der Waals surface area (Å²) >= 11 is 7.96. The fraction of sp³-hybridized carbons (Fsp3) is 0.421. The lowest BCUT2D eigenvalue weighted by Crippen LogP contribution is -2.34. The molecule has 25 heavy (non-hydrogen) atoms. The summed E-state index contributed by atoms with van der Waals surface area (Å²) in [6.07, 6.45) is 2.09. The molecular weight excluding hydrogens is 356 g/mol. The van der Waals surface area contributed by atoms with Crippen molar-refractivity contribution < 1.29 is 9.53 Å². The molecule has 0 aliphatic carbocycles. The number of thiophene rings is 1. The Morgan fingerprint density at radius 1 is 1.40 bits per heavy atom. The molecule has 0 spiro atoms. The summed E-state index contributed by atoms with van der Waals surface area (Å²) in [5.41, 5.74) is 0.751. The van der Waals surface area contributed by atoms with E-state index in [0.29, 0.717) is 10.8 Å². The smallest absolute Gasteiger partial charge is 0.242 e. The Balaban J connectivity index is 1.67. The molecule has 1 fully saturated rings. The molecule has 1 amide bonds. The first-order valence-corrected chi connectivity index (χ1v) is 9.84. The lowest BCUT2D eigenvalue weighted by atomic mass is 10.2. The van der Waals surface area contributed by atoms with Crippen LogP contribution < -0.4 is 10.1 Å². The molecule has 1 aromatic heterocycles. The molecule has 1 saturated heterocycles. The summed E-state index contributed by atoms with van der Waals surface area (Å²) in [5.74, 6) is 0.703. The first kappa shape index (κ1) is 18.1. The zero-order chi connectivity index (χ0) is 17.8. The highest BCUT2D eigenvalue weighted by molar-refractivity contribution is 7.10. The highest BCUT2D eigenvalue weighted by Crippen LogP contribution is 2.36. The number of ether oxygens (including phenoxy) is 1. The summed E-state index contributed by atoms with van der Waals surface area (Å²) < 4.78 is 5.80. The number of para-hydroxylation sites is 1. The van der Waals surface area contributed by atoms with Crippen molar-refractivity contribution in [3.05, 3.63) is 45.6 Å². The van der Waals surface area contributed by atoms with Gasteiger partial charge in [0.05, 0.1) is 29.4 Å². The van der Waals surface area contributed by atoms with Gasteiger partial charge in [-0.2, -0.15) is 0 Å². The number of likely N-dealkylation sites (tertiary alicyclic amines) is 1. The van der Waals surface area contributed by atoms with E-state index in [1.807, 2.05) is 36.9 Å². The lowest BCUT2D eigenvalue weighted by molar-refractivity contribution is -0.130. The van der Waals surface area contributed by atoms with Crippen molar-refractivity contribution in [2.45, 2.75) is 38.8 Å². The van der Waals surface area contributed by atoms with Crippen molar-refractivity contribution in [2.24, 2.45) is 0 Å². The second-order valence-electron chi connectivity index (χ2n) is 6.40. The van der Waals surface area contributed by atoms with Gasteiger partial charge in [0, 0.05) is 11.4 Å². The van der Waals surface area contributed by atoms with E-state index in [1.165, 1.54) is 4.88 Å². The van der Waals surface area contributed by atoms with Crippen LogP contribution in [-0.4, -0.2) is 30.0 Å². The van der Waals surface area contributed by atoms with Crippen LogP contribution in [0.25, 0.3) is 0 Å². The standard InChI is InChI=1S/C19H23ClN2O2S/c1-13(2)24-19-14(20)6-3-7-15(19)21-12-18(23)22-10-4-8-16(22)17-9-5-11-25-17/h3,5-7,9,11,13,16,21H,4,8,10,12H2,1-2H3. The Morgan fingerprint density at radius 3 is 2.96 bits per heavy atom. The number of halogens is 1. The molecule has 4 nitrogen and oxygen atoms in total. The Hall–Kier alpha value is -1.72. The largest absolute Gasteiger partial charge is 0.487 e. The topological polar surface area (TPSA) is 41.6 Å². The number of carbonyl (C=O) groups excluding carboxylic acids is 1. The minimum Gasteiger partial charge on any atom is -0.487 e. The number of hydrogen-bond acceptors (Lipinski definition) is 4. The fourth-order valence-electron chi connectivity index (χ4n) is 3.12. The van der Waals surface area contributed by atoms with Gasteiger partial charge in [-0.25, -0.2) is 0 Å². The van der Waals surface area contributed by atoms with Crippen molar-refractivity contribution in [1.82, 2.24) is 4.90 Å². The third kappa shape index (κ3) is 4.28. The van der Waals surface area contributed by atoms with Crippen molar-refractivity contribution in [1.29, 1.82) is 0 Å². The Bertz CT molecular complexity index is 718. The molecule has 134 valence electrons. The average molecular weight is 379 g/mol. The normalized spacial score (nSPS) is 17.1. The maximum Gasteiger partial charge on any atom is 0.242 e. The number of rotatable bonds is 6. The molecule has 2 aromatic rings. The van der Waals surface area contributed by atoms with Gasteiger partial charge in [0.25, 0.3) is 0 Å². The molecule has 1 N–H and O–H groups in total. The van der Waals surface area contributed by atoms with Crippen LogP contribution in [0.3, 0.4) is 0 Å². The van der Waals surface area contributed by atoms with Crippen molar-refractivity contribution >= 4 is 34.5 Å². The van der Waals surface area contributed by atoms with Gasteiger partial charge in [0.15, 0.2) is 5.75 Å². The third-order valence-corrected chi connectivity index (χ3v) is 5.47. The van der Waals surface area contributed by atoms with Crippen molar-refractivity contribution in [2.75, 3.05) is 18.4 Å². The molecule has 1 unspecified atom stereocenters. The molecule has 6 heteroatoms. The summed E-state index contributed by atoms with van der Waals surface area (Å²) in [6.45, 7) is 4.95. The van der Waals surface area contributed by atoms with E-state index < -0.39 is 0 Å². The Labute approximate surface area is 157 Å². The highest BCUT2D eigenvalue weighted by Gasteiger charge is 2.30. The minimum absolute atomic E-state index is 0.0120. The number of carbonyl (C=O) groups is 1. The van der Waals surface area contributed by atoms with E-state index >= 15 is 0 Å². The van der Waals surface area contributed by atoms with E-state index in [1.54, 1.807) is 17.4 Å². The second kappa shape index (κ2) is 8.11. The van der Waals surface area contributed by atoms with E-state index in [0.717, 1.165) is 25.1 Å². The number of hydrogen-bond donors (Lipinski definition) is 1. The van der Waals surface area contributed by atoms with E-state index in [2.05, 4.69) is 16.8 Å². The lowest BCUT2D eigenvalue weighted by Gasteiger charge is -2.25. The number of nitrogens with one attached hydrogen (secondary N) is 1. The maximum absolute atomic E-state index is 12.7. The summed E-state index contributed by atoms with van der Waals surface area (Å²) in [4.78, 5) is 16.0. The van der Waals surface area contributed by atoms with Gasteiger partial charge in [0.1, 0.15) is 0 Å². The molecule has 1 aliphatic rings. The van der Waals surface area contributed by atoms with Gasteiger partial charge in [-0.3, -0.25) is 4.79 Å². The van der Waals surface area contributed by atoms with Gasteiger partial charge < -0.3 is 15.0 Å². The predicted octanol–water partition coefficient (Wildman–Crippen LogP) is 4.96. The van der Waals surface area contributed by atoms with Crippen LogP contribution in [0.1, 0.15) is 37.6 Å². The van der Waals surface area contributed by atoms with E-state index in [-0.39, 0.29) is 24.6 Å². The van der Waals surface area contributed by atoms with Gasteiger partial charge in [-0.15, -0.1) is 11.3 Å². The maximum atomic E-state index is 12.7. The number of benzene rings is 1. The van der Waals surface area contributed by atoms with Gasteiger partial charge in [0.2, 0.25) is 5.91 Å². The van der Waals surface area contributed by atoms with Crippen LogP contribution in [0.5, 0.6) is 5.75 Å². The van der Waals surface area contributed by atoms with Crippen LogP contribution in [0, 0.1) is 0 Å². The molecule has 1 atom stereocenters. The van der Waals surface area contributed by atoms with Crippen molar-refractivity contribution in [3.63, 3.8) is 0 Å². The first-order valence-electron chi connectivity index (χ1n) is 8.58. The molecule has 0 radical (unpaired) electrons. The molecule has 1 aliphatic heterocycles. The minimum atomic E-state index is 0.0120. The van der Waals surface area contributed by atoms with Crippen LogP contribution in [0.2, 0.25) is 5.02 Å². The number of nitrogens with zero attached hydrogens (tertiary/aromatic N) is 1. The zero-order valence-corrected chi connectivity index (χ0v) is 16.1. The number of anilines is 1. The zero-order valence-electron chi connectivity index (χ0n) is 14.5. The summed E-state index contributed by atoms with van der Waals surface area (Å²) in [6, 6.07) is 9.89. The quantitative estimate of drug-likeness (QED) is 0.772. The molecular formula is C19H23ClN2O2S. The van der Waals surface area contributed by atoms with E-state index in [9.17, 15) is 4.79 Å². The third-order valence-electron chi connectivity index (χ3n) is 4.20. The summed E-state index contributed by atoms with van der Waals surface area (Å²) in [7, 11) is 0. The predicted molar refractivity (Wildman–Crippen MR) is 104 cm³/mol. The molecule has 3 rings (SSSR count). The fourth-order valence-corrected chi connectivity index (χ4v) is 4.21. The first-order chi connectivity index (χ1) is 12.1. The van der Waals surface area contributed by atoms with Crippen LogP contribution >= 0.6 is 22.9 Å². The Kier molecular flexibility index (Phi) is 5.86. The monoisotopic (exact) mass is 378 g/mol. The number of amides is 1. The van der Waals surface area contributed by atoms with Crippen LogP contribution in [0.15, 0.2) is 35.7 Å². The van der Waals surface area contributed by atoms with Crippen LogP contribution in [0.4, 0.5) is 5.69 Å². The SMILES string of the molecule is CC(C)Oc1c(Cl)cccc1NCC(=O)N1CCCC1c1cccs1. The summed E-state index contributed by atoms with van der Waals surface area (Å²) in [5, 5.41) is 5.82. The molecule has 1 aromatic carbocycles. The Morgan fingerprint density at radius 2 is 2.24 bits per heavy atom. The van der Waals surface area contributed by atoms with Gasteiger partial charge >= 0.3 is 0 Å². The van der Waals surface area contributed by atoms with Crippen molar-refractivity contribution in [3.8, 4) is 5.75 Å². The molecule has 2 heterocycles. The van der Waals surface area contributed by atoms with Crippen LogP contribution in [-0.2, 0) is 4.79 Å². The van der Waals surface area contributed by atoms with Gasteiger partial charge in [-0.1, -0.05) is 23.7 Å². The van der Waals surface area contributed by atoms with Gasteiger partial charge in [-0.05, 0) is 50.3 Å². The van der Waals surface area contributed by atoms with E-state index in [4.69, 9.17) is 16.3 Å². The molecule has 0 bridgehead atoms. The second-order valence-corrected chi connectivity index (χ2v) is 7.78. The average Bonchev–Trinajstić information content (AvgIpc) is 3.25. The molecule has 0 saturated carbocycles.